The molecule has 0 unspecified atom stereocenters. The second-order valence-electron chi connectivity index (χ2n) is 2.77. The summed E-state index contributed by atoms with van der Waals surface area (Å²) in [5.74, 6) is 0. The summed E-state index contributed by atoms with van der Waals surface area (Å²) in [4.78, 5) is 2.09. The van der Waals surface area contributed by atoms with E-state index < -0.39 is 0 Å². The summed E-state index contributed by atoms with van der Waals surface area (Å²) >= 11 is 0. The van der Waals surface area contributed by atoms with Crippen molar-refractivity contribution in [3.8, 4) is 6.07 Å². The van der Waals surface area contributed by atoms with Crippen LogP contribution in [-0.4, -0.2) is 24.5 Å². The van der Waals surface area contributed by atoms with Crippen LogP contribution in [0, 0.1) is 11.3 Å². The SMILES string of the molecule is CCN(CC#N)CC=C(C)C. The Morgan fingerprint density at radius 3 is 2.55 bits per heavy atom. The lowest BCUT2D eigenvalue weighted by atomic mass is 10.3. The van der Waals surface area contributed by atoms with E-state index in [4.69, 9.17) is 5.26 Å². The van der Waals surface area contributed by atoms with Crippen LogP contribution in [0.5, 0.6) is 0 Å². The number of nitrogens with zero attached hydrogens (tertiary/aromatic N) is 2. The van der Waals surface area contributed by atoms with Gasteiger partial charge in [0, 0.05) is 6.54 Å². The second-order valence-corrected chi connectivity index (χ2v) is 2.77. The Morgan fingerprint density at radius 1 is 1.55 bits per heavy atom. The van der Waals surface area contributed by atoms with Crippen molar-refractivity contribution >= 4 is 0 Å². The molecule has 0 aliphatic heterocycles. The summed E-state index contributed by atoms with van der Waals surface area (Å²) in [7, 11) is 0. The van der Waals surface area contributed by atoms with E-state index in [-0.39, 0.29) is 0 Å². The first-order valence-corrected chi connectivity index (χ1v) is 3.93. The van der Waals surface area contributed by atoms with Crippen LogP contribution in [-0.2, 0) is 0 Å². The number of hydrogen-bond donors (Lipinski definition) is 0. The molecule has 0 rings (SSSR count). The summed E-state index contributed by atoms with van der Waals surface area (Å²) < 4.78 is 0. The van der Waals surface area contributed by atoms with Crippen LogP contribution in [0.4, 0.5) is 0 Å². The summed E-state index contributed by atoms with van der Waals surface area (Å²) in [6, 6.07) is 2.14. The predicted molar refractivity (Wildman–Crippen MR) is 47.2 cm³/mol. The lowest BCUT2D eigenvalue weighted by molar-refractivity contribution is 0.357. The first-order valence-electron chi connectivity index (χ1n) is 3.93. The maximum atomic E-state index is 8.42. The van der Waals surface area contributed by atoms with Crippen molar-refractivity contribution in [1.82, 2.24) is 4.90 Å². The predicted octanol–water partition coefficient (Wildman–Crippen LogP) is 1.80. The van der Waals surface area contributed by atoms with Crippen molar-refractivity contribution in [2.45, 2.75) is 20.8 Å². The minimum atomic E-state index is 0.528. The van der Waals surface area contributed by atoms with Crippen molar-refractivity contribution in [2.75, 3.05) is 19.6 Å². The summed E-state index contributed by atoms with van der Waals surface area (Å²) in [5.41, 5.74) is 1.31. The Morgan fingerprint density at radius 2 is 2.18 bits per heavy atom. The fourth-order valence-corrected chi connectivity index (χ4v) is 0.717. The molecule has 62 valence electrons. The summed E-state index contributed by atoms with van der Waals surface area (Å²) in [6.07, 6.45) is 2.14. The van der Waals surface area contributed by atoms with Gasteiger partial charge in [0.1, 0.15) is 0 Å². The minimum absolute atomic E-state index is 0.528. The Balaban J connectivity index is 3.71. The van der Waals surface area contributed by atoms with Gasteiger partial charge in [-0.15, -0.1) is 0 Å². The van der Waals surface area contributed by atoms with E-state index in [0.717, 1.165) is 13.1 Å². The standard InChI is InChI=1S/C9H16N2/c1-4-11(8-6-10)7-5-9(2)3/h5H,4,7-8H2,1-3H3. The van der Waals surface area contributed by atoms with E-state index in [1.807, 2.05) is 0 Å². The first-order chi connectivity index (χ1) is 5.20. The molecule has 0 spiro atoms. The van der Waals surface area contributed by atoms with Gasteiger partial charge in [-0.2, -0.15) is 5.26 Å². The zero-order valence-corrected chi connectivity index (χ0v) is 7.59. The van der Waals surface area contributed by atoms with Crippen molar-refractivity contribution in [1.29, 1.82) is 5.26 Å². The van der Waals surface area contributed by atoms with E-state index in [0.29, 0.717) is 6.54 Å². The van der Waals surface area contributed by atoms with Crippen LogP contribution < -0.4 is 0 Å². The monoisotopic (exact) mass is 152 g/mol. The highest BCUT2D eigenvalue weighted by Crippen LogP contribution is 1.92. The van der Waals surface area contributed by atoms with Gasteiger partial charge >= 0.3 is 0 Å². The van der Waals surface area contributed by atoms with Crippen molar-refractivity contribution in [3.05, 3.63) is 11.6 Å². The summed E-state index contributed by atoms with van der Waals surface area (Å²) in [5, 5.41) is 8.42. The molecule has 0 heterocycles. The fourth-order valence-electron chi connectivity index (χ4n) is 0.717. The molecular weight excluding hydrogens is 136 g/mol. The van der Waals surface area contributed by atoms with E-state index in [2.05, 4.69) is 37.8 Å². The molecule has 0 saturated carbocycles. The zero-order chi connectivity index (χ0) is 8.69. The molecule has 0 saturated heterocycles. The van der Waals surface area contributed by atoms with Gasteiger partial charge in [-0.05, 0) is 20.4 Å². The van der Waals surface area contributed by atoms with Gasteiger partial charge in [0.05, 0.1) is 12.6 Å². The van der Waals surface area contributed by atoms with Crippen LogP contribution in [0.25, 0.3) is 0 Å². The molecule has 0 aromatic heterocycles. The average Bonchev–Trinajstić information content (AvgIpc) is 1.97. The molecule has 0 aliphatic rings. The third-order valence-electron chi connectivity index (χ3n) is 1.50. The minimum Gasteiger partial charge on any atom is -0.287 e. The van der Waals surface area contributed by atoms with E-state index >= 15 is 0 Å². The van der Waals surface area contributed by atoms with Gasteiger partial charge in [0.15, 0.2) is 0 Å². The van der Waals surface area contributed by atoms with Gasteiger partial charge < -0.3 is 0 Å². The number of hydrogen-bond acceptors (Lipinski definition) is 2. The highest BCUT2D eigenvalue weighted by molar-refractivity contribution is 4.95. The second kappa shape index (κ2) is 5.94. The molecule has 0 fully saturated rings. The first kappa shape index (κ1) is 10.2. The molecule has 0 aromatic carbocycles. The smallest absolute Gasteiger partial charge is 0.0868 e. The molecule has 0 aromatic rings. The van der Waals surface area contributed by atoms with E-state index in [1.165, 1.54) is 5.57 Å². The Bertz CT molecular complexity index is 161. The van der Waals surface area contributed by atoms with Crippen LogP contribution in [0.2, 0.25) is 0 Å². The van der Waals surface area contributed by atoms with Gasteiger partial charge in [0.25, 0.3) is 0 Å². The quantitative estimate of drug-likeness (QED) is 0.453. The Kier molecular flexibility index (Phi) is 5.50. The Labute approximate surface area is 69.1 Å². The maximum Gasteiger partial charge on any atom is 0.0868 e. The highest BCUT2D eigenvalue weighted by Gasteiger charge is 1.96. The molecular formula is C9H16N2. The third-order valence-corrected chi connectivity index (χ3v) is 1.50. The van der Waals surface area contributed by atoms with Crippen molar-refractivity contribution < 1.29 is 0 Å². The molecule has 0 radical (unpaired) electrons. The van der Waals surface area contributed by atoms with E-state index in [9.17, 15) is 0 Å². The molecule has 0 atom stereocenters. The van der Waals surface area contributed by atoms with Crippen molar-refractivity contribution in [2.24, 2.45) is 0 Å². The number of allylic oxidation sites excluding steroid dienone is 1. The number of likely N-dealkylation sites (N-methyl/N-ethyl adjacent to an activating group) is 1. The normalized spacial score (nSPS) is 9.36. The molecule has 0 amide bonds. The topological polar surface area (TPSA) is 27.0 Å². The largest absolute Gasteiger partial charge is 0.287 e. The fraction of sp³-hybridized carbons (Fsp3) is 0.667. The Hall–Kier alpha value is -0.810. The molecule has 0 aliphatic carbocycles. The third kappa shape index (κ3) is 5.63. The van der Waals surface area contributed by atoms with E-state index in [1.54, 1.807) is 0 Å². The van der Waals surface area contributed by atoms with Crippen LogP contribution in [0.15, 0.2) is 11.6 Å². The van der Waals surface area contributed by atoms with Crippen molar-refractivity contribution in [3.63, 3.8) is 0 Å². The average molecular weight is 152 g/mol. The molecule has 0 bridgehead atoms. The number of nitriles is 1. The van der Waals surface area contributed by atoms with Gasteiger partial charge in [-0.25, -0.2) is 0 Å². The van der Waals surface area contributed by atoms with Crippen LogP contribution in [0.1, 0.15) is 20.8 Å². The highest BCUT2D eigenvalue weighted by atomic mass is 15.1. The van der Waals surface area contributed by atoms with Gasteiger partial charge in [-0.3, -0.25) is 4.90 Å². The van der Waals surface area contributed by atoms with Crippen LogP contribution in [0.3, 0.4) is 0 Å². The van der Waals surface area contributed by atoms with Crippen LogP contribution >= 0.6 is 0 Å². The van der Waals surface area contributed by atoms with Gasteiger partial charge in [0.2, 0.25) is 0 Å². The summed E-state index contributed by atoms with van der Waals surface area (Å²) in [6.45, 7) is 8.57. The molecule has 2 heteroatoms. The number of rotatable bonds is 4. The maximum absolute atomic E-state index is 8.42. The van der Waals surface area contributed by atoms with Gasteiger partial charge in [-0.1, -0.05) is 18.6 Å². The molecule has 2 nitrogen and oxygen atoms in total. The lowest BCUT2D eigenvalue weighted by Crippen LogP contribution is -2.23. The zero-order valence-electron chi connectivity index (χ0n) is 7.59. The molecule has 0 N–H and O–H groups in total. The lowest BCUT2D eigenvalue weighted by Gasteiger charge is -2.13. The molecule has 11 heavy (non-hydrogen) atoms.